The minimum Gasteiger partial charge on any atom is -0.461 e. The lowest BCUT2D eigenvalue weighted by atomic mass is 10.1. The number of nitrogens with zero attached hydrogens (tertiary/aromatic N) is 7. The molecule has 0 fully saturated rings. The first kappa shape index (κ1) is 27.5. The zero-order valence-corrected chi connectivity index (χ0v) is 22.4. The average molecular weight is 555 g/mol. The van der Waals surface area contributed by atoms with Gasteiger partial charge in [-0.25, -0.2) is 14.0 Å². The number of nitrogens with one attached hydrogen (secondary N) is 1. The number of rotatable bonds is 10. The lowest BCUT2D eigenvalue weighted by Gasteiger charge is -2.20. The Morgan fingerprint density at radius 2 is 1.97 bits per heavy atom. The van der Waals surface area contributed by atoms with Gasteiger partial charge in [-0.3, -0.25) is 19.4 Å². The van der Waals surface area contributed by atoms with Gasteiger partial charge in [0.05, 0.1) is 28.0 Å². The second-order valence-corrected chi connectivity index (χ2v) is 8.94. The predicted octanol–water partition coefficient (Wildman–Crippen LogP) is 2.52. The van der Waals surface area contributed by atoms with Gasteiger partial charge in [-0.2, -0.15) is 9.61 Å². The largest absolute Gasteiger partial charge is 0.461 e. The number of carbonyl (C=O) groups excluding carboxylic acids is 1. The van der Waals surface area contributed by atoms with Gasteiger partial charge in [-0.1, -0.05) is 0 Å². The maximum Gasteiger partial charge on any atom is 0.359 e. The Morgan fingerprint density at radius 1 is 1.23 bits per heavy atom. The number of esters is 1. The van der Waals surface area contributed by atoms with Crippen molar-refractivity contribution >= 4 is 46.2 Å². The number of hydrogen-bond acceptors (Lipinski definition) is 10. The zero-order chi connectivity index (χ0) is 28.3. The van der Waals surface area contributed by atoms with E-state index in [2.05, 4.69) is 24.9 Å². The quantitative estimate of drug-likeness (QED) is 0.127. The molecule has 3 aromatic heterocycles. The fraction of sp³-hybridized carbons (Fsp3) is 0.292. The van der Waals surface area contributed by atoms with Crippen LogP contribution in [0, 0.1) is 17.0 Å². The topological polar surface area (TPSA) is 178 Å². The molecule has 2 N–H and O–H groups in total. The van der Waals surface area contributed by atoms with Gasteiger partial charge >= 0.3 is 5.97 Å². The first-order valence-corrected chi connectivity index (χ1v) is 13.1. The Balaban J connectivity index is 1.95. The summed E-state index contributed by atoms with van der Waals surface area (Å²) < 4.78 is 29.6. The molecular formula is C24H26N8O6S. The number of non-ortho nitro benzene ring substituents is 1. The number of carbonyl (C=O) groups is 1. The maximum absolute atomic E-state index is 12.9. The number of ether oxygens (including phenoxy) is 1. The van der Waals surface area contributed by atoms with Gasteiger partial charge in [0.1, 0.15) is 5.82 Å². The van der Waals surface area contributed by atoms with Crippen molar-refractivity contribution in [2.45, 2.75) is 27.7 Å². The minimum absolute atomic E-state index is 0.0126. The van der Waals surface area contributed by atoms with Crippen molar-refractivity contribution in [2.75, 3.05) is 29.3 Å². The van der Waals surface area contributed by atoms with E-state index in [1.165, 1.54) is 22.7 Å². The van der Waals surface area contributed by atoms with Crippen LogP contribution in [0.3, 0.4) is 0 Å². The Hall–Kier alpha value is -4.50. The standard InChI is InChI=1S/C24H26N8O6S/c1-5-30(6-2)20-11-8-15(14(4)25-20)12-18-21(24(33)38-7-3)28-31-22(26-27-23(18)31)17-13-16(32(34)35)9-10-19(17)29-39(36)37/h8-13,29H,5-7H2,1-4H3,(H,36,37)/b18-12-. The van der Waals surface area contributed by atoms with Crippen LogP contribution in [0.2, 0.25) is 0 Å². The van der Waals surface area contributed by atoms with Crippen LogP contribution in [-0.4, -0.2) is 64.1 Å². The van der Waals surface area contributed by atoms with E-state index in [0.717, 1.165) is 18.9 Å². The molecule has 0 aliphatic rings. The van der Waals surface area contributed by atoms with Gasteiger partial charge < -0.3 is 9.64 Å². The molecule has 1 unspecified atom stereocenters. The molecule has 0 aliphatic heterocycles. The Labute approximate surface area is 225 Å². The highest BCUT2D eigenvalue weighted by atomic mass is 32.2. The molecule has 1 atom stereocenters. The summed E-state index contributed by atoms with van der Waals surface area (Å²) in [5.41, 5.74) is 1.45. The van der Waals surface area contributed by atoms with Crippen LogP contribution in [0.15, 0.2) is 30.3 Å². The van der Waals surface area contributed by atoms with E-state index in [-0.39, 0.29) is 40.7 Å². The Kier molecular flexibility index (Phi) is 8.11. The van der Waals surface area contributed by atoms with Gasteiger partial charge in [-0.05, 0) is 57.5 Å². The molecule has 15 heteroatoms. The summed E-state index contributed by atoms with van der Waals surface area (Å²) in [7, 11) is 0. The van der Waals surface area contributed by atoms with Gasteiger partial charge in [-0.15, -0.1) is 10.2 Å². The highest BCUT2D eigenvalue weighted by Crippen LogP contribution is 2.31. The van der Waals surface area contributed by atoms with Crippen molar-refractivity contribution in [1.29, 1.82) is 0 Å². The van der Waals surface area contributed by atoms with Gasteiger partial charge in [0, 0.05) is 30.9 Å². The van der Waals surface area contributed by atoms with Gasteiger partial charge in [0.15, 0.2) is 17.2 Å². The fourth-order valence-electron chi connectivity index (χ4n) is 4.06. The van der Waals surface area contributed by atoms with E-state index in [4.69, 9.17) is 9.72 Å². The van der Waals surface area contributed by atoms with Crippen LogP contribution < -0.4 is 14.8 Å². The number of hydrogen-bond donors (Lipinski definition) is 2. The number of aromatic nitrogens is 5. The van der Waals surface area contributed by atoms with Crippen molar-refractivity contribution < 1.29 is 23.2 Å². The van der Waals surface area contributed by atoms with Crippen LogP contribution in [0.1, 0.15) is 42.5 Å². The van der Waals surface area contributed by atoms with E-state index in [1.54, 1.807) is 13.0 Å². The molecule has 0 saturated heterocycles. The Morgan fingerprint density at radius 3 is 2.59 bits per heavy atom. The fourth-order valence-corrected chi connectivity index (χ4v) is 4.42. The number of benzene rings is 1. The monoisotopic (exact) mass is 554 g/mol. The van der Waals surface area contributed by atoms with Crippen molar-refractivity contribution in [3.63, 3.8) is 0 Å². The van der Waals surface area contributed by atoms with Crippen molar-refractivity contribution in [3.05, 3.63) is 62.6 Å². The van der Waals surface area contributed by atoms with Crippen molar-refractivity contribution in [1.82, 2.24) is 24.8 Å². The average Bonchev–Trinajstić information content (AvgIpc) is 3.46. The molecule has 0 bridgehead atoms. The molecule has 0 radical (unpaired) electrons. The summed E-state index contributed by atoms with van der Waals surface area (Å²) in [6.07, 6.45) is 1.71. The zero-order valence-electron chi connectivity index (χ0n) is 21.6. The first-order chi connectivity index (χ1) is 18.7. The second-order valence-electron chi connectivity index (χ2n) is 8.24. The molecule has 3 heterocycles. The summed E-state index contributed by atoms with van der Waals surface area (Å²) in [5, 5.41) is 24.5. The highest BCUT2D eigenvalue weighted by Gasteiger charge is 2.24. The summed E-state index contributed by atoms with van der Waals surface area (Å²) in [4.78, 5) is 30.5. The molecule has 39 heavy (non-hydrogen) atoms. The summed E-state index contributed by atoms with van der Waals surface area (Å²) in [6, 6.07) is 7.39. The Bertz CT molecular complexity index is 1640. The molecule has 1 aromatic carbocycles. The van der Waals surface area contributed by atoms with Gasteiger partial charge in [0.25, 0.3) is 17.0 Å². The van der Waals surface area contributed by atoms with E-state index in [1.807, 2.05) is 32.9 Å². The number of anilines is 2. The van der Waals surface area contributed by atoms with Crippen molar-refractivity contribution in [2.24, 2.45) is 0 Å². The normalized spacial score (nSPS) is 12.5. The van der Waals surface area contributed by atoms with E-state index in [0.29, 0.717) is 16.5 Å². The third-order valence-electron chi connectivity index (χ3n) is 5.96. The van der Waals surface area contributed by atoms with E-state index in [9.17, 15) is 23.7 Å². The lowest BCUT2D eigenvalue weighted by molar-refractivity contribution is -0.384. The van der Waals surface area contributed by atoms with E-state index < -0.39 is 22.2 Å². The molecule has 0 amide bonds. The van der Waals surface area contributed by atoms with Crippen LogP contribution in [-0.2, 0) is 16.0 Å². The predicted molar refractivity (Wildman–Crippen MR) is 145 cm³/mol. The second kappa shape index (κ2) is 11.5. The third-order valence-corrected chi connectivity index (χ3v) is 6.35. The first-order valence-electron chi connectivity index (χ1n) is 12.0. The third kappa shape index (κ3) is 5.53. The number of nitro benzene ring substituents is 1. The van der Waals surface area contributed by atoms with Crippen LogP contribution >= 0.6 is 0 Å². The smallest absolute Gasteiger partial charge is 0.359 e. The summed E-state index contributed by atoms with van der Waals surface area (Å²) >= 11 is -2.47. The van der Waals surface area contributed by atoms with Gasteiger partial charge in [0.2, 0.25) is 0 Å². The minimum atomic E-state index is -2.47. The number of fused-ring (bicyclic) bond motifs is 1. The van der Waals surface area contributed by atoms with Crippen molar-refractivity contribution in [3.8, 4) is 11.4 Å². The molecule has 0 saturated carbocycles. The molecule has 14 nitrogen and oxygen atoms in total. The molecule has 0 spiro atoms. The maximum atomic E-state index is 12.9. The number of pyridine rings is 1. The number of aryl methyl sites for hydroxylation is 1. The lowest BCUT2D eigenvalue weighted by Crippen LogP contribution is -2.23. The summed E-state index contributed by atoms with van der Waals surface area (Å²) in [5.74, 6) is 0.140. The van der Waals surface area contributed by atoms with Crippen LogP contribution in [0.25, 0.3) is 23.1 Å². The summed E-state index contributed by atoms with van der Waals surface area (Å²) in [6.45, 7) is 9.31. The van der Waals surface area contributed by atoms with E-state index >= 15 is 0 Å². The van der Waals surface area contributed by atoms with Crippen LogP contribution in [0.5, 0.6) is 0 Å². The molecule has 0 aliphatic carbocycles. The molecular weight excluding hydrogens is 528 g/mol. The highest BCUT2D eigenvalue weighted by molar-refractivity contribution is 7.80. The molecule has 4 aromatic rings. The molecule has 204 valence electrons. The molecule has 4 rings (SSSR count). The SMILES string of the molecule is CCOC(=O)c1nn2c(-c3cc([N+](=O)[O-])ccc3NS(=O)O)nnc2/c1=C\c1ccc(N(CC)CC)nc1C. The number of nitro groups is 1. The van der Waals surface area contributed by atoms with Crippen LogP contribution in [0.4, 0.5) is 17.2 Å².